The zero-order valence-corrected chi connectivity index (χ0v) is 13.5. The molecule has 1 saturated carbocycles. The quantitative estimate of drug-likeness (QED) is 0.765. The van der Waals surface area contributed by atoms with Gasteiger partial charge in [-0.15, -0.1) is 0 Å². The lowest BCUT2D eigenvalue weighted by atomic mass is 9.76. The molecule has 0 spiro atoms. The third-order valence-corrected chi connectivity index (χ3v) is 4.98. The summed E-state index contributed by atoms with van der Waals surface area (Å²) in [4.78, 5) is 26.5. The number of halogens is 1. The lowest BCUT2D eigenvalue weighted by molar-refractivity contribution is 0.0999. The number of aromatic nitrogens is 1. The van der Waals surface area contributed by atoms with Gasteiger partial charge in [-0.3, -0.25) is 9.59 Å². The number of benzene rings is 2. The molecule has 5 heteroatoms. The van der Waals surface area contributed by atoms with Gasteiger partial charge in [0.2, 0.25) is 0 Å². The zero-order valence-electron chi connectivity index (χ0n) is 13.5. The second-order valence-electron chi connectivity index (χ2n) is 6.51. The molecule has 1 amide bonds. The van der Waals surface area contributed by atoms with E-state index in [1.54, 1.807) is 6.07 Å². The average Bonchev–Trinajstić information content (AvgIpc) is 2.52. The molecular weight excluding hydrogens is 319 g/mol. The summed E-state index contributed by atoms with van der Waals surface area (Å²) in [6, 6.07) is 11.8. The van der Waals surface area contributed by atoms with E-state index in [0.717, 1.165) is 29.5 Å². The van der Waals surface area contributed by atoms with Crippen molar-refractivity contribution in [3.05, 3.63) is 69.8 Å². The molecule has 3 aromatic rings. The van der Waals surface area contributed by atoms with E-state index < -0.39 is 11.5 Å². The molecule has 0 bridgehead atoms. The van der Waals surface area contributed by atoms with Crippen molar-refractivity contribution in [3.63, 3.8) is 0 Å². The van der Waals surface area contributed by atoms with Gasteiger partial charge in [0.1, 0.15) is 11.4 Å². The Kier molecular flexibility index (Phi) is 3.64. The zero-order chi connectivity index (χ0) is 17.6. The van der Waals surface area contributed by atoms with Gasteiger partial charge in [0.05, 0.1) is 5.52 Å². The second kappa shape index (κ2) is 5.84. The van der Waals surface area contributed by atoms with Crippen molar-refractivity contribution >= 4 is 16.8 Å². The summed E-state index contributed by atoms with van der Waals surface area (Å²) in [6.07, 6.45) is 3.33. The summed E-state index contributed by atoms with van der Waals surface area (Å²) in [5.74, 6) is -0.689. The van der Waals surface area contributed by atoms with Gasteiger partial charge in [-0.2, -0.15) is 0 Å². The maximum absolute atomic E-state index is 13.8. The molecule has 0 atom stereocenters. The summed E-state index contributed by atoms with van der Waals surface area (Å²) in [5, 5.41) is 0.704. The van der Waals surface area contributed by atoms with Gasteiger partial charge in [0.15, 0.2) is 0 Å². The molecule has 1 heterocycles. The van der Waals surface area contributed by atoms with Crippen molar-refractivity contribution in [1.29, 1.82) is 0 Å². The lowest BCUT2D eigenvalue weighted by Gasteiger charge is -2.28. The van der Waals surface area contributed by atoms with Gasteiger partial charge in [0.25, 0.3) is 11.5 Å². The van der Waals surface area contributed by atoms with Crippen LogP contribution in [0.1, 0.15) is 41.1 Å². The van der Waals surface area contributed by atoms with Gasteiger partial charge in [0, 0.05) is 5.56 Å². The number of amides is 1. The molecule has 1 aliphatic carbocycles. The van der Waals surface area contributed by atoms with Crippen LogP contribution in [0.25, 0.3) is 22.0 Å². The molecule has 1 aliphatic rings. The first-order valence-corrected chi connectivity index (χ1v) is 8.30. The van der Waals surface area contributed by atoms with E-state index in [-0.39, 0.29) is 11.4 Å². The summed E-state index contributed by atoms with van der Waals surface area (Å²) in [6.45, 7) is 0. The smallest absolute Gasteiger partial charge is 0.261 e. The molecule has 3 N–H and O–H groups in total. The monoisotopic (exact) mass is 336 g/mol. The number of nitrogens with two attached hydrogens (primary N) is 1. The first-order valence-electron chi connectivity index (χ1n) is 8.30. The molecule has 1 fully saturated rings. The van der Waals surface area contributed by atoms with E-state index in [2.05, 4.69) is 4.98 Å². The van der Waals surface area contributed by atoms with Crippen LogP contribution in [-0.4, -0.2) is 10.9 Å². The minimum Gasteiger partial charge on any atom is -0.365 e. The molecule has 126 valence electrons. The fraction of sp³-hybridized carbons (Fsp3) is 0.200. The number of carbonyl (C=O) groups is 1. The summed E-state index contributed by atoms with van der Waals surface area (Å²) in [7, 11) is 0. The van der Waals surface area contributed by atoms with E-state index >= 15 is 0 Å². The molecule has 0 saturated heterocycles. The maximum Gasteiger partial charge on any atom is 0.261 e. The molecule has 25 heavy (non-hydrogen) atoms. The Morgan fingerprint density at radius 2 is 1.96 bits per heavy atom. The maximum atomic E-state index is 13.8. The molecule has 4 nitrogen and oxygen atoms in total. The molecule has 0 aliphatic heterocycles. The van der Waals surface area contributed by atoms with Crippen LogP contribution in [0, 0.1) is 5.82 Å². The largest absolute Gasteiger partial charge is 0.365 e. The Hall–Kier alpha value is -2.95. The number of hydrogen-bond donors (Lipinski definition) is 2. The Labute approximate surface area is 143 Å². The number of hydrogen-bond acceptors (Lipinski definition) is 2. The Morgan fingerprint density at radius 1 is 1.16 bits per heavy atom. The summed E-state index contributed by atoms with van der Waals surface area (Å²) < 4.78 is 13.8. The van der Waals surface area contributed by atoms with Gasteiger partial charge in [-0.25, -0.2) is 4.39 Å². The van der Waals surface area contributed by atoms with Crippen molar-refractivity contribution in [2.24, 2.45) is 5.73 Å². The van der Waals surface area contributed by atoms with Crippen LogP contribution in [0.5, 0.6) is 0 Å². The highest BCUT2D eigenvalue weighted by atomic mass is 19.1. The van der Waals surface area contributed by atoms with Crippen LogP contribution in [0.4, 0.5) is 4.39 Å². The highest BCUT2D eigenvalue weighted by Crippen LogP contribution is 2.43. The van der Waals surface area contributed by atoms with Gasteiger partial charge >= 0.3 is 0 Å². The van der Waals surface area contributed by atoms with Gasteiger partial charge in [-0.05, 0) is 53.5 Å². The van der Waals surface area contributed by atoms with Crippen molar-refractivity contribution in [2.75, 3.05) is 0 Å². The van der Waals surface area contributed by atoms with Crippen molar-refractivity contribution in [2.45, 2.75) is 25.2 Å². The number of pyridine rings is 1. The SMILES string of the molecule is NC(=O)c1cc2ccc(C3CCC3)c(-c3cccc(F)c3)c2[nH]c1=O. The third-order valence-electron chi connectivity index (χ3n) is 4.98. The number of nitrogens with one attached hydrogen (secondary N) is 1. The normalized spacial score (nSPS) is 14.4. The molecule has 0 radical (unpaired) electrons. The summed E-state index contributed by atoms with van der Waals surface area (Å²) in [5.41, 5.74) is 7.94. The fourth-order valence-electron chi connectivity index (χ4n) is 3.49. The van der Waals surface area contributed by atoms with Crippen LogP contribution in [0.2, 0.25) is 0 Å². The van der Waals surface area contributed by atoms with Gasteiger partial charge < -0.3 is 10.7 Å². The minimum absolute atomic E-state index is 0.0749. The number of primary amides is 1. The van der Waals surface area contributed by atoms with Crippen molar-refractivity contribution < 1.29 is 9.18 Å². The third kappa shape index (κ3) is 2.61. The Balaban J connectivity index is 2.06. The van der Waals surface area contributed by atoms with Crippen LogP contribution in [0.15, 0.2) is 47.3 Å². The topological polar surface area (TPSA) is 76.0 Å². The molecule has 4 rings (SSSR count). The number of fused-ring (bicyclic) bond motifs is 1. The highest BCUT2D eigenvalue weighted by molar-refractivity contribution is 6.00. The first-order chi connectivity index (χ1) is 12.0. The Bertz CT molecular complexity index is 1050. The van der Waals surface area contributed by atoms with Crippen LogP contribution in [0.3, 0.4) is 0 Å². The van der Waals surface area contributed by atoms with E-state index in [4.69, 9.17) is 5.73 Å². The van der Waals surface area contributed by atoms with E-state index in [1.807, 2.05) is 18.2 Å². The van der Waals surface area contributed by atoms with E-state index in [1.165, 1.54) is 24.6 Å². The second-order valence-corrected chi connectivity index (χ2v) is 6.51. The minimum atomic E-state index is -0.765. The molecule has 2 aromatic carbocycles. The number of rotatable bonds is 3. The fourth-order valence-corrected chi connectivity index (χ4v) is 3.49. The van der Waals surface area contributed by atoms with E-state index in [9.17, 15) is 14.0 Å². The number of aromatic amines is 1. The highest BCUT2D eigenvalue weighted by Gasteiger charge is 2.25. The number of carbonyl (C=O) groups excluding carboxylic acids is 1. The Morgan fingerprint density at radius 3 is 2.60 bits per heavy atom. The number of H-pyrrole nitrogens is 1. The van der Waals surface area contributed by atoms with Crippen molar-refractivity contribution in [1.82, 2.24) is 4.98 Å². The average molecular weight is 336 g/mol. The first kappa shape index (κ1) is 15.6. The molecule has 0 unspecified atom stereocenters. The van der Waals surface area contributed by atoms with Gasteiger partial charge in [-0.1, -0.05) is 30.7 Å². The van der Waals surface area contributed by atoms with Crippen molar-refractivity contribution in [3.8, 4) is 11.1 Å². The lowest BCUT2D eigenvalue weighted by Crippen LogP contribution is -2.23. The predicted molar refractivity (Wildman–Crippen MR) is 95.1 cm³/mol. The molecule has 1 aromatic heterocycles. The van der Waals surface area contributed by atoms with Crippen LogP contribution in [-0.2, 0) is 0 Å². The predicted octanol–water partition coefficient (Wildman–Crippen LogP) is 3.70. The van der Waals surface area contributed by atoms with Crippen LogP contribution < -0.4 is 11.3 Å². The van der Waals surface area contributed by atoms with Crippen LogP contribution >= 0.6 is 0 Å². The summed E-state index contributed by atoms with van der Waals surface area (Å²) >= 11 is 0. The molecular formula is C20H17FN2O2. The van der Waals surface area contributed by atoms with E-state index in [0.29, 0.717) is 16.8 Å². The standard InChI is InChI=1S/C20H17FN2O2/c21-14-6-2-5-12(9-14)17-15(11-3-1-4-11)8-7-13-10-16(19(22)24)20(25)23-18(13)17/h2,5-11H,1,3-4H2,(H2,22,24)(H,23,25).